The molecule has 0 radical (unpaired) electrons. The molecule has 1 atom stereocenters. The SMILES string of the molecule is CN=C(NCc1cccc(OCCCOC)c1)NCC1CN(CC(C)C)CCO1. The van der Waals surface area contributed by atoms with E-state index in [1.165, 1.54) is 0 Å². The van der Waals surface area contributed by atoms with Crippen LogP contribution in [0.25, 0.3) is 0 Å². The van der Waals surface area contributed by atoms with Crippen molar-refractivity contribution in [2.24, 2.45) is 10.9 Å². The predicted octanol–water partition coefficient (Wildman–Crippen LogP) is 2.12. The average Bonchev–Trinajstić information content (AvgIpc) is 2.71. The second-order valence-corrected chi connectivity index (χ2v) is 7.80. The lowest BCUT2D eigenvalue weighted by atomic mass is 10.2. The fourth-order valence-electron chi connectivity index (χ4n) is 3.34. The molecule has 1 heterocycles. The van der Waals surface area contributed by atoms with Crippen molar-refractivity contribution in [3.05, 3.63) is 29.8 Å². The summed E-state index contributed by atoms with van der Waals surface area (Å²) in [6.07, 6.45) is 1.07. The molecule has 0 bridgehead atoms. The number of ether oxygens (including phenoxy) is 3. The molecule has 0 aliphatic carbocycles. The van der Waals surface area contributed by atoms with Crippen molar-refractivity contribution in [1.29, 1.82) is 0 Å². The average molecular weight is 407 g/mol. The van der Waals surface area contributed by atoms with Crippen LogP contribution in [-0.4, -0.2) is 77.1 Å². The van der Waals surface area contributed by atoms with Crippen LogP contribution in [0.15, 0.2) is 29.3 Å². The number of rotatable bonds is 11. The molecule has 1 aromatic rings. The normalized spacial score (nSPS) is 18.1. The molecular weight excluding hydrogens is 368 g/mol. The van der Waals surface area contributed by atoms with Gasteiger partial charge in [-0.05, 0) is 23.6 Å². The number of morpholine rings is 1. The van der Waals surface area contributed by atoms with E-state index >= 15 is 0 Å². The highest BCUT2D eigenvalue weighted by Crippen LogP contribution is 2.13. The summed E-state index contributed by atoms with van der Waals surface area (Å²) in [7, 11) is 3.49. The van der Waals surface area contributed by atoms with Gasteiger partial charge in [-0.25, -0.2) is 0 Å². The quantitative estimate of drug-likeness (QED) is 0.333. The second-order valence-electron chi connectivity index (χ2n) is 7.80. The van der Waals surface area contributed by atoms with Crippen LogP contribution in [0.4, 0.5) is 0 Å². The van der Waals surface area contributed by atoms with Crippen molar-refractivity contribution >= 4 is 5.96 Å². The van der Waals surface area contributed by atoms with Gasteiger partial charge in [0.2, 0.25) is 0 Å². The van der Waals surface area contributed by atoms with Crippen LogP contribution in [0.1, 0.15) is 25.8 Å². The summed E-state index contributed by atoms with van der Waals surface area (Å²) < 4.78 is 16.7. The lowest BCUT2D eigenvalue weighted by Crippen LogP contribution is -2.50. The molecule has 1 aliphatic heterocycles. The second kappa shape index (κ2) is 13.4. The predicted molar refractivity (Wildman–Crippen MR) is 118 cm³/mol. The summed E-state index contributed by atoms with van der Waals surface area (Å²) in [5, 5.41) is 6.75. The van der Waals surface area contributed by atoms with Crippen molar-refractivity contribution in [1.82, 2.24) is 15.5 Å². The van der Waals surface area contributed by atoms with E-state index in [9.17, 15) is 0 Å². The van der Waals surface area contributed by atoms with E-state index in [0.29, 0.717) is 25.7 Å². The Labute approximate surface area is 175 Å². The van der Waals surface area contributed by atoms with Crippen LogP contribution in [0.2, 0.25) is 0 Å². The first-order chi connectivity index (χ1) is 14.1. The van der Waals surface area contributed by atoms with Crippen LogP contribution < -0.4 is 15.4 Å². The Morgan fingerprint density at radius 3 is 2.93 bits per heavy atom. The maximum atomic E-state index is 5.91. The molecule has 164 valence electrons. The third-order valence-corrected chi connectivity index (χ3v) is 4.69. The molecule has 1 fully saturated rings. The highest BCUT2D eigenvalue weighted by Gasteiger charge is 2.21. The maximum Gasteiger partial charge on any atom is 0.191 e. The summed E-state index contributed by atoms with van der Waals surface area (Å²) in [6.45, 7) is 11.2. The van der Waals surface area contributed by atoms with E-state index in [-0.39, 0.29) is 6.10 Å². The van der Waals surface area contributed by atoms with Gasteiger partial charge in [-0.1, -0.05) is 26.0 Å². The minimum atomic E-state index is 0.185. The first-order valence-electron chi connectivity index (χ1n) is 10.6. The zero-order valence-corrected chi connectivity index (χ0v) is 18.4. The number of guanidine groups is 1. The number of methoxy groups -OCH3 is 1. The highest BCUT2D eigenvalue weighted by molar-refractivity contribution is 5.79. The van der Waals surface area contributed by atoms with Gasteiger partial charge in [-0.15, -0.1) is 0 Å². The van der Waals surface area contributed by atoms with Gasteiger partial charge in [-0.2, -0.15) is 0 Å². The number of benzene rings is 1. The molecular formula is C22H38N4O3. The fraction of sp³-hybridized carbons (Fsp3) is 0.682. The molecule has 1 aromatic carbocycles. The van der Waals surface area contributed by atoms with Crippen molar-refractivity contribution in [3.8, 4) is 5.75 Å². The zero-order valence-electron chi connectivity index (χ0n) is 18.4. The summed E-state index contributed by atoms with van der Waals surface area (Å²) in [5.41, 5.74) is 1.15. The maximum absolute atomic E-state index is 5.91. The molecule has 7 nitrogen and oxygen atoms in total. The molecule has 7 heteroatoms. The molecule has 0 aromatic heterocycles. The Bertz CT molecular complexity index is 609. The van der Waals surface area contributed by atoms with Crippen molar-refractivity contribution in [3.63, 3.8) is 0 Å². The number of hydrogen-bond donors (Lipinski definition) is 2. The Morgan fingerprint density at radius 1 is 1.31 bits per heavy atom. The lowest BCUT2D eigenvalue weighted by molar-refractivity contribution is -0.0284. The van der Waals surface area contributed by atoms with E-state index in [1.807, 2.05) is 12.1 Å². The van der Waals surface area contributed by atoms with Gasteiger partial charge in [0.15, 0.2) is 5.96 Å². The summed E-state index contributed by atoms with van der Waals surface area (Å²) in [6, 6.07) is 8.13. The standard InChI is InChI=1S/C22H38N4O3/c1-18(2)16-26-9-12-29-21(17-26)15-25-22(23-3)24-14-19-7-5-8-20(13-19)28-11-6-10-27-4/h5,7-8,13,18,21H,6,9-12,14-17H2,1-4H3,(H2,23,24,25). The molecule has 0 saturated carbocycles. The minimum absolute atomic E-state index is 0.185. The van der Waals surface area contributed by atoms with E-state index in [1.54, 1.807) is 14.2 Å². The Morgan fingerprint density at radius 2 is 2.17 bits per heavy atom. The summed E-state index contributed by atoms with van der Waals surface area (Å²) in [5.74, 6) is 2.33. The molecule has 0 spiro atoms. The van der Waals surface area contributed by atoms with Crippen LogP contribution in [0, 0.1) is 5.92 Å². The van der Waals surface area contributed by atoms with Crippen LogP contribution in [0.3, 0.4) is 0 Å². The molecule has 1 unspecified atom stereocenters. The van der Waals surface area contributed by atoms with Crippen molar-refractivity contribution in [2.45, 2.75) is 32.9 Å². The summed E-state index contributed by atoms with van der Waals surface area (Å²) in [4.78, 5) is 6.81. The van der Waals surface area contributed by atoms with Crippen LogP contribution in [-0.2, 0) is 16.0 Å². The van der Waals surface area contributed by atoms with Gasteiger partial charge in [0, 0.05) is 59.9 Å². The van der Waals surface area contributed by atoms with Gasteiger partial charge >= 0.3 is 0 Å². The lowest BCUT2D eigenvalue weighted by Gasteiger charge is -2.34. The van der Waals surface area contributed by atoms with Gasteiger partial charge in [0.25, 0.3) is 0 Å². The minimum Gasteiger partial charge on any atom is -0.493 e. The smallest absolute Gasteiger partial charge is 0.191 e. The van der Waals surface area contributed by atoms with E-state index in [0.717, 1.165) is 56.5 Å². The van der Waals surface area contributed by atoms with Gasteiger partial charge < -0.3 is 24.8 Å². The Hall–Kier alpha value is -1.83. The van der Waals surface area contributed by atoms with Gasteiger partial charge in [-0.3, -0.25) is 9.89 Å². The highest BCUT2D eigenvalue weighted by atomic mass is 16.5. The van der Waals surface area contributed by atoms with Crippen LogP contribution >= 0.6 is 0 Å². The summed E-state index contributed by atoms with van der Waals surface area (Å²) >= 11 is 0. The van der Waals surface area contributed by atoms with Gasteiger partial charge in [0.05, 0.1) is 19.3 Å². The number of aliphatic imine (C=N–C) groups is 1. The molecule has 29 heavy (non-hydrogen) atoms. The molecule has 1 saturated heterocycles. The van der Waals surface area contributed by atoms with Crippen molar-refractivity contribution in [2.75, 3.05) is 60.2 Å². The first kappa shape index (κ1) is 23.4. The van der Waals surface area contributed by atoms with Gasteiger partial charge in [0.1, 0.15) is 5.75 Å². The third-order valence-electron chi connectivity index (χ3n) is 4.69. The molecule has 1 aliphatic rings. The first-order valence-corrected chi connectivity index (χ1v) is 10.6. The van der Waals surface area contributed by atoms with E-state index in [4.69, 9.17) is 14.2 Å². The molecule has 0 amide bonds. The molecule has 2 N–H and O–H groups in total. The van der Waals surface area contributed by atoms with E-state index in [2.05, 4.69) is 46.5 Å². The number of nitrogens with one attached hydrogen (secondary N) is 2. The number of hydrogen-bond acceptors (Lipinski definition) is 5. The molecule has 2 rings (SSSR count). The largest absolute Gasteiger partial charge is 0.493 e. The number of nitrogens with zero attached hydrogens (tertiary/aromatic N) is 2. The topological polar surface area (TPSA) is 67.4 Å². The van der Waals surface area contributed by atoms with Crippen LogP contribution in [0.5, 0.6) is 5.75 Å². The van der Waals surface area contributed by atoms with Crippen molar-refractivity contribution < 1.29 is 14.2 Å². The third kappa shape index (κ3) is 9.47. The Kier molecular flexibility index (Phi) is 10.8. The monoisotopic (exact) mass is 406 g/mol. The fourth-order valence-corrected chi connectivity index (χ4v) is 3.34. The Balaban J connectivity index is 1.73. The zero-order chi connectivity index (χ0) is 20.9. The van der Waals surface area contributed by atoms with E-state index < -0.39 is 0 Å².